The van der Waals surface area contributed by atoms with Crippen LogP contribution in [0.2, 0.25) is 0 Å². The lowest BCUT2D eigenvalue weighted by molar-refractivity contribution is -0.126. The molecule has 2 N–H and O–H groups in total. The Morgan fingerprint density at radius 2 is 2.04 bits per heavy atom. The molecule has 1 aliphatic carbocycles. The minimum Gasteiger partial charge on any atom is -0.508 e. The number of rotatable bonds is 3. The summed E-state index contributed by atoms with van der Waals surface area (Å²) in [4.78, 5) is 31.5. The Morgan fingerprint density at radius 3 is 2.81 bits per heavy atom. The maximum atomic E-state index is 12.8. The summed E-state index contributed by atoms with van der Waals surface area (Å²) in [6, 6.07) is 6.03. The second-order valence-electron chi connectivity index (χ2n) is 7.03. The van der Waals surface area contributed by atoms with E-state index in [0.29, 0.717) is 12.1 Å². The van der Waals surface area contributed by atoms with Crippen LogP contribution in [0.15, 0.2) is 36.8 Å². The van der Waals surface area contributed by atoms with Crippen molar-refractivity contribution in [3.8, 4) is 5.75 Å². The third kappa shape index (κ3) is 3.16. The number of imidazole rings is 1. The van der Waals surface area contributed by atoms with Crippen LogP contribution in [-0.4, -0.2) is 44.0 Å². The van der Waals surface area contributed by atoms with Gasteiger partial charge in [-0.05, 0) is 31.0 Å². The van der Waals surface area contributed by atoms with Gasteiger partial charge in [0, 0.05) is 17.8 Å². The lowest BCUT2D eigenvalue weighted by Crippen LogP contribution is -2.48. The summed E-state index contributed by atoms with van der Waals surface area (Å²) in [7, 11) is 0. The van der Waals surface area contributed by atoms with Gasteiger partial charge in [-0.3, -0.25) is 9.59 Å². The molecule has 7 heteroatoms. The molecule has 7 nitrogen and oxygen atoms in total. The van der Waals surface area contributed by atoms with Gasteiger partial charge in [0.2, 0.25) is 5.91 Å². The maximum absolute atomic E-state index is 12.8. The lowest BCUT2D eigenvalue weighted by Gasteiger charge is -2.34. The average molecular weight is 354 g/mol. The van der Waals surface area contributed by atoms with Gasteiger partial charge < -0.3 is 19.9 Å². The molecule has 1 saturated carbocycles. The number of benzene rings is 1. The third-order valence-corrected chi connectivity index (χ3v) is 5.21. The van der Waals surface area contributed by atoms with E-state index in [-0.39, 0.29) is 30.2 Å². The molecule has 2 aromatic rings. The zero-order valence-corrected chi connectivity index (χ0v) is 14.5. The van der Waals surface area contributed by atoms with Crippen molar-refractivity contribution in [3.63, 3.8) is 0 Å². The van der Waals surface area contributed by atoms with Crippen LogP contribution in [0.4, 0.5) is 0 Å². The molecule has 0 radical (unpaired) electrons. The first-order chi connectivity index (χ1) is 12.6. The van der Waals surface area contributed by atoms with Crippen LogP contribution in [0.25, 0.3) is 0 Å². The zero-order valence-electron chi connectivity index (χ0n) is 14.5. The van der Waals surface area contributed by atoms with E-state index in [0.717, 1.165) is 31.4 Å². The zero-order chi connectivity index (χ0) is 18.1. The summed E-state index contributed by atoms with van der Waals surface area (Å²) >= 11 is 0. The van der Waals surface area contributed by atoms with E-state index in [1.165, 1.54) is 12.1 Å². The van der Waals surface area contributed by atoms with E-state index in [1.807, 2.05) is 4.57 Å². The van der Waals surface area contributed by atoms with Crippen molar-refractivity contribution in [2.24, 2.45) is 0 Å². The van der Waals surface area contributed by atoms with Gasteiger partial charge in [0.1, 0.15) is 11.8 Å². The molecule has 2 aliphatic rings. The molecular formula is C19H22N4O3. The summed E-state index contributed by atoms with van der Waals surface area (Å²) in [6.45, 7) is 0.679. The normalized spacial score (nSPS) is 20.0. The highest BCUT2D eigenvalue weighted by Crippen LogP contribution is 2.25. The first kappa shape index (κ1) is 16.6. The Labute approximate surface area is 151 Å². The second kappa shape index (κ2) is 6.82. The smallest absolute Gasteiger partial charge is 0.254 e. The monoisotopic (exact) mass is 354 g/mol. The van der Waals surface area contributed by atoms with Crippen LogP contribution in [0.3, 0.4) is 0 Å². The van der Waals surface area contributed by atoms with E-state index in [9.17, 15) is 14.7 Å². The van der Waals surface area contributed by atoms with E-state index in [4.69, 9.17) is 0 Å². The number of aromatic nitrogens is 2. The van der Waals surface area contributed by atoms with Crippen molar-refractivity contribution in [1.29, 1.82) is 0 Å². The SMILES string of the molecule is O=C(NC1CCCC1)[C@@H]1CN(C(=O)c2cccc(O)c2)Cc2cncn21. The van der Waals surface area contributed by atoms with Gasteiger partial charge in [-0.1, -0.05) is 18.9 Å². The minimum atomic E-state index is -0.483. The number of hydrogen-bond donors (Lipinski definition) is 2. The number of amides is 2. The number of fused-ring (bicyclic) bond motifs is 1. The van der Waals surface area contributed by atoms with Crippen molar-refractivity contribution in [2.75, 3.05) is 6.54 Å². The number of carbonyl (C=O) groups is 2. The average Bonchev–Trinajstić information content (AvgIpc) is 3.31. The van der Waals surface area contributed by atoms with Gasteiger partial charge in [0.05, 0.1) is 25.1 Å². The molecule has 0 bridgehead atoms. The second-order valence-corrected chi connectivity index (χ2v) is 7.03. The van der Waals surface area contributed by atoms with E-state index >= 15 is 0 Å². The first-order valence-corrected chi connectivity index (χ1v) is 9.01. The summed E-state index contributed by atoms with van der Waals surface area (Å²) < 4.78 is 1.86. The molecular weight excluding hydrogens is 332 g/mol. The molecule has 2 heterocycles. The molecule has 136 valence electrons. The quantitative estimate of drug-likeness (QED) is 0.880. The van der Waals surface area contributed by atoms with E-state index in [1.54, 1.807) is 29.6 Å². The Hall–Kier alpha value is -2.83. The molecule has 1 aromatic carbocycles. The van der Waals surface area contributed by atoms with Gasteiger partial charge >= 0.3 is 0 Å². The third-order valence-electron chi connectivity index (χ3n) is 5.21. The van der Waals surface area contributed by atoms with E-state index < -0.39 is 6.04 Å². The lowest BCUT2D eigenvalue weighted by atomic mass is 10.1. The molecule has 1 fully saturated rings. The summed E-state index contributed by atoms with van der Waals surface area (Å²) in [5, 5.41) is 12.8. The molecule has 4 rings (SSSR count). The minimum absolute atomic E-state index is 0.0495. The van der Waals surface area contributed by atoms with Crippen molar-refractivity contribution < 1.29 is 14.7 Å². The predicted molar refractivity (Wildman–Crippen MR) is 94.5 cm³/mol. The fraction of sp³-hybridized carbons (Fsp3) is 0.421. The fourth-order valence-electron chi connectivity index (χ4n) is 3.84. The van der Waals surface area contributed by atoms with Gasteiger partial charge in [-0.2, -0.15) is 0 Å². The Kier molecular flexibility index (Phi) is 4.36. The number of phenols is 1. The number of phenolic OH excluding ortho intramolecular Hbond substituents is 1. The van der Waals surface area contributed by atoms with Gasteiger partial charge in [-0.25, -0.2) is 4.98 Å². The van der Waals surface area contributed by atoms with Crippen molar-refractivity contribution in [3.05, 3.63) is 48.0 Å². The van der Waals surface area contributed by atoms with Crippen LogP contribution < -0.4 is 5.32 Å². The standard InChI is InChI=1S/C19H22N4O3/c24-16-7-3-4-13(8-16)19(26)22-10-15-9-20-12-23(15)17(11-22)18(25)21-14-5-1-2-6-14/h3-4,7-9,12,14,17,24H,1-2,5-6,10-11H2,(H,21,25)/t17-/m0/s1. The van der Waals surface area contributed by atoms with Crippen molar-refractivity contribution >= 4 is 11.8 Å². The highest BCUT2D eigenvalue weighted by atomic mass is 16.3. The maximum Gasteiger partial charge on any atom is 0.254 e. The van der Waals surface area contributed by atoms with Crippen LogP contribution in [0.5, 0.6) is 5.75 Å². The predicted octanol–water partition coefficient (Wildman–Crippen LogP) is 1.84. The van der Waals surface area contributed by atoms with Crippen LogP contribution in [0.1, 0.15) is 47.8 Å². The number of nitrogens with zero attached hydrogens (tertiary/aromatic N) is 3. The molecule has 0 unspecified atom stereocenters. The van der Waals surface area contributed by atoms with Gasteiger partial charge in [0.25, 0.3) is 5.91 Å². The Bertz CT molecular complexity index is 826. The molecule has 1 aromatic heterocycles. The number of carbonyl (C=O) groups excluding carboxylic acids is 2. The molecule has 0 spiro atoms. The molecule has 1 atom stereocenters. The fourth-order valence-corrected chi connectivity index (χ4v) is 3.84. The molecule has 26 heavy (non-hydrogen) atoms. The summed E-state index contributed by atoms with van der Waals surface area (Å²) in [5.74, 6) is -0.218. The molecule has 2 amide bonds. The van der Waals surface area contributed by atoms with Crippen molar-refractivity contribution in [2.45, 2.75) is 44.3 Å². The van der Waals surface area contributed by atoms with E-state index in [2.05, 4.69) is 10.3 Å². The Morgan fingerprint density at radius 1 is 1.23 bits per heavy atom. The highest BCUT2D eigenvalue weighted by molar-refractivity contribution is 5.95. The van der Waals surface area contributed by atoms with Gasteiger partial charge in [0.15, 0.2) is 0 Å². The largest absolute Gasteiger partial charge is 0.508 e. The van der Waals surface area contributed by atoms with Crippen LogP contribution >= 0.6 is 0 Å². The molecule has 1 aliphatic heterocycles. The van der Waals surface area contributed by atoms with Crippen LogP contribution in [0, 0.1) is 0 Å². The molecule has 0 saturated heterocycles. The van der Waals surface area contributed by atoms with Crippen molar-refractivity contribution in [1.82, 2.24) is 19.8 Å². The van der Waals surface area contributed by atoms with Crippen LogP contribution in [-0.2, 0) is 11.3 Å². The summed E-state index contributed by atoms with van der Waals surface area (Å²) in [5.41, 5.74) is 1.24. The number of aromatic hydroxyl groups is 1. The summed E-state index contributed by atoms with van der Waals surface area (Å²) in [6.07, 6.45) is 7.67. The topological polar surface area (TPSA) is 87.5 Å². The number of nitrogens with one attached hydrogen (secondary N) is 1. The first-order valence-electron chi connectivity index (χ1n) is 9.01. The Balaban J connectivity index is 1.55. The highest BCUT2D eigenvalue weighted by Gasteiger charge is 2.34. The van der Waals surface area contributed by atoms with Gasteiger partial charge in [-0.15, -0.1) is 0 Å². The number of hydrogen-bond acceptors (Lipinski definition) is 4.